The molecule has 92 valence electrons. The highest BCUT2D eigenvalue weighted by molar-refractivity contribution is 5.14. The van der Waals surface area contributed by atoms with Gasteiger partial charge in [-0.3, -0.25) is 9.80 Å². The van der Waals surface area contributed by atoms with Crippen molar-refractivity contribution in [2.75, 3.05) is 26.2 Å². The van der Waals surface area contributed by atoms with Crippen LogP contribution in [0.15, 0.2) is 30.3 Å². The largest absolute Gasteiger partial charge is 0.392 e. The molecule has 17 heavy (non-hydrogen) atoms. The minimum absolute atomic E-state index is 0.100. The second-order valence-corrected chi connectivity index (χ2v) is 5.26. The molecule has 2 fully saturated rings. The highest BCUT2D eigenvalue weighted by atomic mass is 16.3. The van der Waals surface area contributed by atoms with Crippen molar-refractivity contribution < 1.29 is 5.11 Å². The van der Waals surface area contributed by atoms with Gasteiger partial charge in [-0.1, -0.05) is 30.3 Å². The van der Waals surface area contributed by atoms with Crippen LogP contribution in [0.4, 0.5) is 0 Å². The summed E-state index contributed by atoms with van der Waals surface area (Å²) in [6, 6.07) is 11.2. The Morgan fingerprint density at radius 1 is 1.12 bits per heavy atom. The van der Waals surface area contributed by atoms with Crippen LogP contribution in [0.1, 0.15) is 12.0 Å². The highest BCUT2D eigenvalue weighted by Gasteiger charge is 2.34. The van der Waals surface area contributed by atoms with Crippen LogP contribution in [-0.2, 0) is 6.54 Å². The van der Waals surface area contributed by atoms with Gasteiger partial charge in [-0.15, -0.1) is 0 Å². The SMILES string of the molecule is OC1CC2CN(Cc3ccccc3)CCN2C1. The lowest BCUT2D eigenvalue weighted by atomic mass is 10.1. The Morgan fingerprint density at radius 3 is 2.76 bits per heavy atom. The molecule has 2 atom stereocenters. The minimum atomic E-state index is -0.100. The number of aliphatic hydroxyl groups is 1. The molecule has 0 amide bonds. The zero-order valence-electron chi connectivity index (χ0n) is 10.1. The molecule has 1 aromatic rings. The Bertz CT molecular complexity index is 368. The quantitative estimate of drug-likeness (QED) is 0.822. The maximum Gasteiger partial charge on any atom is 0.0682 e. The van der Waals surface area contributed by atoms with E-state index in [-0.39, 0.29) is 6.10 Å². The van der Waals surface area contributed by atoms with Gasteiger partial charge in [0.15, 0.2) is 0 Å². The summed E-state index contributed by atoms with van der Waals surface area (Å²) in [6.45, 7) is 5.25. The van der Waals surface area contributed by atoms with E-state index in [0.29, 0.717) is 6.04 Å². The van der Waals surface area contributed by atoms with Crippen molar-refractivity contribution in [3.05, 3.63) is 35.9 Å². The number of rotatable bonds is 2. The summed E-state index contributed by atoms with van der Waals surface area (Å²) in [6.07, 6.45) is 0.849. The van der Waals surface area contributed by atoms with Gasteiger partial charge in [0.1, 0.15) is 0 Å². The maximum atomic E-state index is 9.68. The molecule has 0 bridgehead atoms. The Labute approximate surface area is 103 Å². The number of aliphatic hydroxyl groups excluding tert-OH is 1. The molecule has 2 saturated heterocycles. The third-order valence-electron chi connectivity index (χ3n) is 3.93. The molecule has 0 aliphatic carbocycles. The normalized spacial score (nSPS) is 30.4. The summed E-state index contributed by atoms with van der Waals surface area (Å²) in [5.74, 6) is 0. The smallest absolute Gasteiger partial charge is 0.0682 e. The van der Waals surface area contributed by atoms with E-state index in [2.05, 4.69) is 40.1 Å². The Hall–Kier alpha value is -0.900. The van der Waals surface area contributed by atoms with Crippen LogP contribution < -0.4 is 0 Å². The molecule has 2 aliphatic heterocycles. The number of fused-ring (bicyclic) bond motifs is 1. The molecule has 0 spiro atoms. The van der Waals surface area contributed by atoms with Gasteiger partial charge in [0.2, 0.25) is 0 Å². The van der Waals surface area contributed by atoms with Crippen molar-refractivity contribution in [3.63, 3.8) is 0 Å². The molecule has 2 aliphatic rings. The highest BCUT2D eigenvalue weighted by Crippen LogP contribution is 2.22. The van der Waals surface area contributed by atoms with Crippen LogP contribution in [0.25, 0.3) is 0 Å². The van der Waals surface area contributed by atoms with Gasteiger partial charge >= 0.3 is 0 Å². The second kappa shape index (κ2) is 4.77. The van der Waals surface area contributed by atoms with Crippen molar-refractivity contribution in [3.8, 4) is 0 Å². The summed E-state index contributed by atoms with van der Waals surface area (Å²) in [4.78, 5) is 4.95. The summed E-state index contributed by atoms with van der Waals surface area (Å²) in [5.41, 5.74) is 1.39. The van der Waals surface area contributed by atoms with Gasteiger partial charge in [0.25, 0.3) is 0 Å². The van der Waals surface area contributed by atoms with Gasteiger partial charge in [0, 0.05) is 38.8 Å². The van der Waals surface area contributed by atoms with E-state index in [1.165, 1.54) is 5.56 Å². The third-order valence-corrected chi connectivity index (χ3v) is 3.93. The number of hydrogen-bond donors (Lipinski definition) is 1. The number of nitrogens with zero attached hydrogens (tertiary/aromatic N) is 2. The molecule has 1 aromatic carbocycles. The predicted molar refractivity (Wildman–Crippen MR) is 67.7 cm³/mol. The summed E-state index contributed by atoms with van der Waals surface area (Å²) < 4.78 is 0. The molecule has 2 heterocycles. The van der Waals surface area contributed by atoms with Crippen molar-refractivity contribution in [2.24, 2.45) is 0 Å². The maximum absolute atomic E-state index is 9.68. The van der Waals surface area contributed by atoms with Crippen molar-refractivity contribution in [1.29, 1.82) is 0 Å². The first-order chi connectivity index (χ1) is 8.31. The molecule has 3 heteroatoms. The van der Waals surface area contributed by atoms with Crippen LogP contribution >= 0.6 is 0 Å². The van der Waals surface area contributed by atoms with Crippen molar-refractivity contribution in [2.45, 2.75) is 25.1 Å². The lowest BCUT2D eigenvalue weighted by molar-refractivity contribution is 0.0972. The van der Waals surface area contributed by atoms with E-state index in [9.17, 15) is 5.11 Å². The monoisotopic (exact) mass is 232 g/mol. The average Bonchev–Trinajstić information content (AvgIpc) is 2.70. The molecular formula is C14H20N2O. The molecule has 0 saturated carbocycles. The van der Waals surface area contributed by atoms with Gasteiger partial charge in [-0.05, 0) is 12.0 Å². The molecule has 2 unspecified atom stereocenters. The Balaban J connectivity index is 1.60. The first kappa shape index (κ1) is 11.2. The van der Waals surface area contributed by atoms with E-state index < -0.39 is 0 Å². The topological polar surface area (TPSA) is 26.7 Å². The lowest BCUT2D eigenvalue weighted by Crippen LogP contribution is -2.49. The fourth-order valence-electron chi connectivity index (χ4n) is 3.07. The number of piperazine rings is 1. The van der Waals surface area contributed by atoms with Crippen molar-refractivity contribution in [1.82, 2.24) is 9.80 Å². The second-order valence-electron chi connectivity index (χ2n) is 5.26. The van der Waals surface area contributed by atoms with Gasteiger partial charge < -0.3 is 5.11 Å². The van der Waals surface area contributed by atoms with E-state index in [1.54, 1.807) is 0 Å². The molecular weight excluding hydrogens is 212 g/mol. The van der Waals surface area contributed by atoms with Crippen LogP contribution in [0.2, 0.25) is 0 Å². The van der Waals surface area contributed by atoms with Gasteiger partial charge in [0.05, 0.1) is 6.10 Å². The molecule has 0 aromatic heterocycles. The molecule has 0 radical (unpaired) electrons. The molecule has 3 nitrogen and oxygen atoms in total. The fourth-order valence-corrected chi connectivity index (χ4v) is 3.07. The Morgan fingerprint density at radius 2 is 1.94 bits per heavy atom. The Kier molecular flexibility index (Phi) is 3.14. The predicted octanol–water partition coefficient (Wildman–Crippen LogP) is 0.937. The molecule has 1 N–H and O–H groups in total. The summed E-state index contributed by atoms with van der Waals surface area (Å²) in [5, 5.41) is 9.68. The average molecular weight is 232 g/mol. The third kappa shape index (κ3) is 2.51. The van der Waals surface area contributed by atoms with Crippen LogP contribution in [0.5, 0.6) is 0 Å². The summed E-state index contributed by atoms with van der Waals surface area (Å²) in [7, 11) is 0. The number of benzene rings is 1. The van der Waals surface area contributed by atoms with Gasteiger partial charge in [-0.2, -0.15) is 0 Å². The summed E-state index contributed by atoms with van der Waals surface area (Å²) >= 11 is 0. The van der Waals surface area contributed by atoms with Crippen LogP contribution in [-0.4, -0.2) is 53.2 Å². The zero-order valence-corrected chi connectivity index (χ0v) is 10.1. The lowest BCUT2D eigenvalue weighted by Gasteiger charge is -2.37. The van der Waals surface area contributed by atoms with Crippen LogP contribution in [0.3, 0.4) is 0 Å². The van der Waals surface area contributed by atoms with E-state index in [0.717, 1.165) is 39.1 Å². The van der Waals surface area contributed by atoms with E-state index in [1.807, 2.05) is 0 Å². The first-order valence-electron chi connectivity index (χ1n) is 6.49. The van der Waals surface area contributed by atoms with E-state index >= 15 is 0 Å². The van der Waals surface area contributed by atoms with Crippen molar-refractivity contribution >= 4 is 0 Å². The molecule has 3 rings (SSSR count). The van der Waals surface area contributed by atoms with Crippen LogP contribution in [0, 0.1) is 0 Å². The minimum Gasteiger partial charge on any atom is -0.392 e. The standard InChI is InChI=1S/C14H20N2O/c17-14-8-13-10-15(6-7-16(13)11-14)9-12-4-2-1-3-5-12/h1-5,13-14,17H,6-11H2. The fraction of sp³-hybridized carbons (Fsp3) is 0.571. The van der Waals surface area contributed by atoms with Gasteiger partial charge in [-0.25, -0.2) is 0 Å². The van der Waals surface area contributed by atoms with E-state index in [4.69, 9.17) is 0 Å². The first-order valence-corrected chi connectivity index (χ1v) is 6.49. The zero-order chi connectivity index (χ0) is 11.7. The number of hydrogen-bond acceptors (Lipinski definition) is 3.